The van der Waals surface area contributed by atoms with Crippen LogP contribution in [0.15, 0.2) is 41.0 Å². The van der Waals surface area contributed by atoms with Gasteiger partial charge in [0.25, 0.3) is 0 Å². The average Bonchev–Trinajstić information content (AvgIpc) is 3.09. The van der Waals surface area contributed by atoms with Crippen molar-refractivity contribution in [2.75, 3.05) is 0 Å². The summed E-state index contributed by atoms with van der Waals surface area (Å²) in [7, 11) is 0. The Balaban J connectivity index is 2.15. The summed E-state index contributed by atoms with van der Waals surface area (Å²) in [6.07, 6.45) is 18.3. The standard InChI is InChI=1S/2C11H17.Zr/c2*1-3-6-10-8-5-9-11(10)7-4-2;/h2*5H,3-4,6-8H2,1-2H3;. The molecule has 0 unspecified atom stereocenters. The second kappa shape index (κ2) is 9.98. The van der Waals surface area contributed by atoms with Crippen molar-refractivity contribution in [1.82, 2.24) is 0 Å². The first-order valence-corrected chi connectivity index (χ1v) is 12.3. The van der Waals surface area contributed by atoms with Crippen molar-refractivity contribution in [1.29, 1.82) is 0 Å². The van der Waals surface area contributed by atoms with Crippen molar-refractivity contribution in [3.05, 3.63) is 41.0 Å². The van der Waals surface area contributed by atoms with Gasteiger partial charge in [0.1, 0.15) is 0 Å². The molecule has 2 aliphatic rings. The summed E-state index contributed by atoms with van der Waals surface area (Å²) >= 11 is -0.590. The van der Waals surface area contributed by atoms with Gasteiger partial charge in [0.05, 0.1) is 0 Å². The first-order valence-electron chi connectivity index (χ1n) is 9.84. The number of hydrogen-bond acceptors (Lipinski definition) is 0. The fraction of sp³-hybridized carbons (Fsp3) is 0.636. The molecule has 0 aromatic heterocycles. The van der Waals surface area contributed by atoms with E-state index in [2.05, 4.69) is 39.8 Å². The second-order valence-electron chi connectivity index (χ2n) is 6.93. The number of allylic oxidation sites excluding steroid dienone is 8. The van der Waals surface area contributed by atoms with Crippen molar-refractivity contribution >= 4 is 0 Å². The van der Waals surface area contributed by atoms with Crippen LogP contribution in [0.3, 0.4) is 0 Å². The zero-order chi connectivity index (χ0) is 16.7. The molecule has 0 N–H and O–H groups in total. The van der Waals surface area contributed by atoms with Crippen LogP contribution >= 0.6 is 0 Å². The van der Waals surface area contributed by atoms with Gasteiger partial charge in [-0.3, -0.25) is 0 Å². The van der Waals surface area contributed by atoms with E-state index in [1.807, 2.05) is 6.56 Å². The zero-order valence-electron chi connectivity index (χ0n) is 15.7. The van der Waals surface area contributed by atoms with E-state index in [0.29, 0.717) is 0 Å². The predicted octanol–water partition coefficient (Wildman–Crippen LogP) is 7.44. The predicted molar refractivity (Wildman–Crippen MR) is 99.1 cm³/mol. The zero-order valence-corrected chi connectivity index (χ0v) is 18.2. The molecular weight excluding hydrogens is 355 g/mol. The van der Waals surface area contributed by atoms with Crippen LogP contribution in [0.1, 0.15) is 91.9 Å². The molecule has 0 heterocycles. The van der Waals surface area contributed by atoms with E-state index < -0.39 is 23.2 Å². The molecule has 0 radical (unpaired) electrons. The van der Waals surface area contributed by atoms with Crippen LogP contribution in [0.25, 0.3) is 0 Å². The molecule has 2 rings (SSSR count). The Kier molecular flexibility index (Phi) is 8.31. The summed E-state index contributed by atoms with van der Waals surface area (Å²) in [5, 5.41) is 0. The Morgan fingerprint density at radius 2 is 1.04 bits per heavy atom. The normalized spacial score (nSPS) is 17.9. The van der Waals surface area contributed by atoms with Gasteiger partial charge in [0.15, 0.2) is 0 Å². The minimum atomic E-state index is -0.590. The molecule has 0 nitrogen and oxygen atoms in total. The third kappa shape index (κ3) is 4.91. The van der Waals surface area contributed by atoms with Gasteiger partial charge in [-0.25, -0.2) is 0 Å². The quantitative estimate of drug-likeness (QED) is 0.364. The van der Waals surface area contributed by atoms with Crippen LogP contribution in [0.4, 0.5) is 0 Å². The molecule has 0 atom stereocenters. The molecule has 0 aromatic carbocycles. The van der Waals surface area contributed by atoms with E-state index in [4.69, 9.17) is 0 Å². The van der Waals surface area contributed by atoms with E-state index in [0.717, 1.165) is 0 Å². The minimum absolute atomic E-state index is 0.590. The molecule has 0 saturated heterocycles. The molecule has 0 aromatic rings. The summed E-state index contributed by atoms with van der Waals surface area (Å²) in [6, 6.07) is 0. The van der Waals surface area contributed by atoms with Gasteiger partial charge >= 0.3 is 156 Å². The molecule has 0 bridgehead atoms. The van der Waals surface area contributed by atoms with Crippen LogP contribution in [-0.2, 0) is 23.2 Å². The third-order valence-corrected chi connectivity index (χ3v) is 8.79. The number of hydrogen-bond donors (Lipinski definition) is 0. The van der Waals surface area contributed by atoms with Crippen LogP contribution in [0.2, 0.25) is 0 Å². The van der Waals surface area contributed by atoms with Crippen LogP contribution in [0, 0.1) is 0 Å². The van der Waals surface area contributed by atoms with Crippen molar-refractivity contribution in [2.24, 2.45) is 0 Å². The Labute approximate surface area is 155 Å². The van der Waals surface area contributed by atoms with Crippen molar-refractivity contribution in [3.63, 3.8) is 0 Å². The third-order valence-electron chi connectivity index (χ3n) is 4.98. The van der Waals surface area contributed by atoms with E-state index in [9.17, 15) is 0 Å². The molecule has 0 spiro atoms. The van der Waals surface area contributed by atoms with E-state index in [1.165, 1.54) is 64.2 Å². The fourth-order valence-electron chi connectivity index (χ4n) is 3.95. The monoisotopic (exact) mass is 388 g/mol. The van der Waals surface area contributed by atoms with E-state index in [1.54, 1.807) is 22.3 Å². The van der Waals surface area contributed by atoms with Gasteiger partial charge in [0.2, 0.25) is 0 Å². The summed E-state index contributed by atoms with van der Waals surface area (Å²) in [6.45, 7) is 9.34. The molecule has 0 aliphatic heterocycles. The molecule has 0 saturated carbocycles. The summed E-state index contributed by atoms with van der Waals surface area (Å²) < 4.78 is 3.66. The Morgan fingerprint density at radius 3 is 1.39 bits per heavy atom. The van der Waals surface area contributed by atoms with Gasteiger partial charge in [-0.1, -0.05) is 0 Å². The molecule has 23 heavy (non-hydrogen) atoms. The second-order valence-corrected chi connectivity index (χ2v) is 10.2. The first-order chi connectivity index (χ1) is 11.2. The molecule has 0 fully saturated rings. The van der Waals surface area contributed by atoms with Crippen molar-refractivity contribution in [2.45, 2.75) is 91.9 Å². The van der Waals surface area contributed by atoms with Gasteiger partial charge in [0, 0.05) is 0 Å². The maximum absolute atomic E-state index is 2.62. The Bertz CT molecular complexity index is 480. The first kappa shape index (κ1) is 19.2. The van der Waals surface area contributed by atoms with Crippen molar-refractivity contribution in [3.8, 4) is 0 Å². The van der Waals surface area contributed by atoms with Gasteiger partial charge in [-0.05, 0) is 0 Å². The average molecular weight is 390 g/mol. The van der Waals surface area contributed by atoms with Crippen molar-refractivity contribution < 1.29 is 23.2 Å². The maximum atomic E-state index is 2.62. The van der Waals surface area contributed by atoms with Gasteiger partial charge < -0.3 is 0 Å². The molecule has 126 valence electrons. The fourth-order valence-corrected chi connectivity index (χ4v) is 7.90. The number of rotatable bonds is 10. The van der Waals surface area contributed by atoms with Gasteiger partial charge in [-0.15, -0.1) is 0 Å². The Morgan fingerprint density at radius 1 is 0.652 bits per heavy atom. The van der Waals surface area contributed by atoms with Crippen LogP contribution in [-0.4, -0.2) is 0 Å². The molecule has 1 heteroatoms. The summed E-state index contributed by atoms with van der Waals surface area (Å²) in [4.78, 5) is 0. The summed E-state index contributed by atoms with van der Waals surface area (Å²) in [5.41, 5.74) is 7.14. The molecule has 0 amide bonds. The topological polar surface area (TPSA) is 0 Å². The van der Waals surface area contributed by atoms with Crippen LogP contribution < -0.4 is 0 Å². The molecular formula is C22H34Zr. The molecule has 2 aliphatic carbocycles. The Hall–Kier alpha value is -0.157. The van der Waals surface area contributed by atoms with E-state index >= 15 is 0 Å². The van der Waals surface area contributed by atoms with E-state index in [-0.39, 0.29) is 0 Å². The van der Waals surface area contributed by atoms with Gasteiger partial charge in [-0.2, -0.15) is 0 Å². The van der Waals surface area contributed by atoms with Crippen LogP contribution in [0.5, 0.6) is 0 Å². The summed E-state index contributed by atoms with van der Waals surface area (Å²) in [5.74, 6) is 0. The SMILES string of the molecule is CCCC1=C(CCC)[C]([Zr][C]2=CCC(CCC)=C2CCC)=CC1.